The maximum atomic E-state index is 5.60. The molecule has 2 N–H and O–H groups in total. The summed E-state index contributed by atoms with van der Waals surface area (Å²) in [5.74, 6) is 2.26. The number of aromatic amines is 1. The van der Waals surface area contributed by atoms with Gasteiger partial charge in [-0.1, -0.05) is 12.1 Å². The van der Waals surface area contributed by atoms with Gasteiger partial charge in [-0.15, -0.1) is 0 Å². The van der Waals surface area contributed by atoms with Crippen molar-refractivity contribution in [2.45, 2.75) is 6.54 Å². The van der Waals surface area contributed by atoms with Crippen LogP contribution in [0, 0.1) is 0 Å². The average molecular weight is 324 g/mol. The molecular formula is C18H20N4O2. The zero-order chi connectivity index (χ0) is 16.5. The second kappa shape index (κ2) is 5.96. The Bertz CT molecular complexity index is 812. The lowest BCUT2D eigenvalue weighted by Gasteiger charge is -2.17. The number of ether oxygens (including phenoxy) is 2. The number of rotatable bonds is 4. The fourth-order valence-electron chi connectivity index (χ4n) is 2.73. The van der Waals surface area contributed by atoms with E-state index in [1.807, 2.05) is 26.2 Å². The normalized spacial score (nSPS) is 13.1. The molecule has 124 valence electrons. The molecule has 1 aliphatic rings. The summed E-state index contributed by atoms with van der Waals surface area (Å²) in [7, 11) is 4.07. The summed E-state index contributed by atoms with van der Waals surface area (Å²) in [4.78, 5) is 9.94. The van der Waals surface area contributed by atoms with Crippen molar-refractivity contribution in [3.8, 4) is 11.5 Å². The van der Waals surface area contributed by atoms with Crippen LogP contribution in [0.5, 0.6) is 11.5 Å². The van der Waals surface area contributed by atoms with Gasteiger partial charge in [0.1, 0.15) is 13.2 Å². The zero-order valence-corrected chi connectivity index (χ0v) is 13.8. The number of fused-ring (bicyclic) bond motifs is 2. The number of anilines is 2. The predicted octanol–water partition coefficient (Wildman–Crippen LogP) is 3.01. The molecule has 2 aromatic carbocycles. The Morgan fingerprint density at radius 2 is 1.79 bits per heavy atom. The molecule has 0 fully saturated rings. The lowest BCUT2D eigenvalue weighted by atomic mass is 10.2. The largest absolute Gasteiger partial charge is 0.486 e. The Morgan fingerprint density at radius 3 is 2.50 bits per heavy atom. The van der Waals surface area contributed by atoms with E-state index in [9.17, 15) is 0 Å². The molecule has 1 aliphatic heterocycles. The first-order valence-corrected chi connectivity index (χ1v) is 7.98. The molecule has 0 spiro atoms. The van der Waals surface area contributed by atoms with E-state index in [-0.39, 0.29) is 0 Å². The van der Waals surface area contributed by atoms with E-state index in [2.05, 4.69) is 44.5 Å². The van der Waals surface area contributed by atoms with Crippen LogP contribution in [-0.2, 0) is 6.54 Å². The van der Waals surface area contributed by atoms with Gasteiger partial charge in [-0.2, -0.15) is 0 Å². The zero-order valence-electron chi connectivity index (χ0n) is 13.8. The number of H-pyrrole nitrogens is 1. The van der Waals surface area contributed by atoms with E-state index in [0.29, 0.717) is 19.8 Å². The third-order valence-corrected chi connectivity index (χ3v) is 4.06. The van der Waals surface area contributed by atoms with Gasteiger partial charge in [-0.3, -0.25) is 0 Å². The van der Waals surface area contributed by atoms with Crippen molar-refractivity contribution >= 4 is 22.7 Å². The van der Waals surface area contributed by atoms with Crippen LogP contribution in [0.15, 0.2) is 36.4 Å². The third-order valence-electron chi connectivity index (χ3n) is 4.06. The molecule has 6 nitrogen and oxygen atoms in total. The van der Waals surface area contributed by atoms with E-state index < -0.39 is 0 Å². The molecule has 0 saturated heterocycles. The number of imidazole rings is 1. The Kier molecular flexibility index (Phi) is 3.65. The lowest BCUT2D eigenvalue weighted by molar-refractivity contribution is 0.172. The van der Waals surface area contributed by atoms with E-state index in [1.165, 1.54) is 11.3 Å². The highest BCUT2D eigenvalue weighted by Crippen LogP contribution is 2.34. The molecule has 6 heteroatoms. The Morgan fingerprint density at radius 1 is 1.08 bits per heavy atom. The lowest BCUT2D eigenvalue weighted by Crippen LogP contribution is -2.15. The number of hydrogen-bond donors (Lipinski definition) is 2. The number of hydrogen-bond acceptors (Lipinski definition) is 5. The molecule has 0 saturated carbocycles. The molecule has 0 atom stereocenters. The molecule has 0 bridgehead atoms. The molecule has 0 radical (unpaired) electrons. The van der Waals surface area contributed by atoms with Crippen LogP contribution in [0.1, 0.15) is 5.56 Å². The van der Waals surface area contributed by atoms with E-state index in [4.69, 9.17) is 9.47 Å². The van der Waals surface area contributed by atoms with Crippen LogP contribution >= 0.6 is 0 Å². The van der Waals surface area contributed by atoms with Crippen molar-refractivity contribution < 1.29 is 9.47 Å². The summed E-state index contributed by atoms with van der Waals surface area (Å²) in [5.41, 5.74) is 4.19. The quantitative estimate of drug-likeness (QED) is 0.772. The SMILES string of the molecule is CN(C)c1ccc(CNc2nc3cc4c(cc3[nH]2)OCCO4)cc1. The van der Waals surface area contributed by atoms with E-state index >= 15 is 0 Å². The Balaban J connectivity index is 1.50. The number of nitrogens with one attached hydrogen (secondary N) is 2. The van der Waals surface area contributed by atoms with Crippen LogP contribution in [0.3, 0.4) is 0 Å². The highest BCUT2D eigenvalue weighted by molar-refractivity contribution is 5.81. The molecule has 0 amide bonds. The first kappa shape index (κ1) is 14.7. The van der Waals surface area contributed by atoms with E-state index in [1.54, 1.807) is 0 Å². The highest BCUT2D eigenvalue weighted by atomic mass is 16.6. The molecule has 0 aliphatic carbocycles. The summed E-state index contributed by atoms with van der Waals surface area (Å²) in [6, 6.07) is 12.3. The van der Waals surface area contributed by atoms with Gasteiger partial charge in [0.15, 0.2) is 11.5 Å². The van der Waals surface area contributed by atoms with Gasteiger partial charge in [0, 0.05) is 38.5 Å². The standard InChI is InChI=1S/C18H20N4O2/c1-22(2)13-5-3-12(4-6-13)11-19-18-20-14-9-16-17(10-15(14)21-18)24-8-7-23-16/h3-6,9-10H,7-8,11H2,1-2H3,(H2,19,20,21). The number of benzene rings is 2. The monoisotopic (exact) mass is 324 g/mol. The van der Waals surface area contributed by atoms with Gasteiger partial charge in [0.05, 0.1) is 11.0 Å². The van der Waals surface area contributed by atoms with Crippen LogP contribution in [0.25, 0.3) is 11.0 Å². The second-order valence-electron chi connectivity index (χ2n) is 6.01. The highest BCUT2D eigenvalue weighted by Gasteiger charge is 2.14. The fraction of sp³-hybridized carbons (Fsp3) is 0.278. The van der Waals surface area contributed by atoms with Crippen molar-refractivity contribution in [2.75, 3.05) is 37.5 Å². The van der Waals surface area contributed by atoms with Gasteiger partial charge < -0.3 is 24.7 Å². The summed E-state index contributed by atoms with van der Waals surface area (Å²) in [6.45, 7) is 1.87. The molecule has 2 heterocycles. The molecule has 24 heavy (non-hydrogen) atoms. The topological polar surface area (TPSA) is 62.4 Å². The van der Waals surface area contributed by atoms with Crippen molar-refractivity contribution in [1.29, 1.82) is 0 Å². The van der Waals surface area contributed by atoms with Gasteiger partial charge in [-0.25, -0.2) is 4.98 Å². The van der Waals surface area contributed by atoms with Gasteiger partial charge in [-0.05, 0) is 17.7 Å². The maximum Gasteiger partial charge on any atom is 0.201 e. The van der Waals surface area contributed by atoms with Gasteiger partial charge in [0.2, 0.25) is 5.95 Å². The maximum absolute atomic E-state index is 5.60. The molecule has 3 aromatic rings. The van der Waals surface area contributed by atoms with Crippen LogP contribution in [0.4, 0.5) is 11.6 Å². The summed E-state index contributed by atoms with van der Waals surface area (Å²) in [6.07, 6.45) is 0. The third kappa shape index (κ3) is 2.82. The minimum atomic E-state index is 0.580. The summed E-state index contributed by atoms with van der Waals surface area (Å²) in [5, 5.41) is 3.33. The molecule has 0 unspecified atom stereocenters. The first-order valence-electron chi connectivity index (χ1n) is 7.98. The molecule has 4 rings (SSSR count). The van der Waals surface area contributed by atoms with Crippen LogP contribution in [-0.4, -0.2) is 37.3 Å². The summed E-state index contributed by atoms with van der Waals surface area (Å²) < 4.78 is 11.2. The second-order valence-corrected chi connectivity index (χ2v) is 6.01. The van der Waals surface area contributed by atoms with E-state index in [0.717, 1.165) is 28.5 Å². The average Bonchev–Trinajstić information content (AvgIpc) is 3.00. The van der Waals surface area contributed by atoms with Crippen molar-refractivity contribution in [2.24, 2.45) is 0 Å². The smallest absolute Gasteiger partial charge is 0.201 e. The Labute approximate surface area is 140 Å². The molecule has 1 aromatic heterocycles. The Hall–Kier alpha value is -2.89. The van der Waals surface area contributed by atoms with Crippen LogP contribution in [0.2, 0.25) is 0 Å². The van der Waals surface area contributed by atoms with Gasteiger partial charge in [0.25, 0.3) is 0 Å². The number of aromatic nitrogens is 2. The minimum Gasteiger partial charge on any atom is -0.486 e. The molecular weight excluding hydrogens is 304 g/mol. The fourth-order valence-corrected chi connectivity index (χ4v) is 2.73. The van der Waals surface area contributed by atoms with Crippen LogP contribution < -0.4 is 19.7 Å². The first-order chi connectivity index (χ1) is 11.7. The predicted molar refractivity (Wildman–Crippen MR) is 95.2 cm³/mol. The number of nitrogens with zero attached hydrogens (tertiary/aromatic N) is 2. The van der Waals surface area contributed by atoms with Gasteiger partial charge >= 0.3 is 0 Å². The minimum absolute atomic E-state index is 0.580. The van der Waals surface area contributed by atoms with Crippen molar-refractivity contribution in [3.05, 3.63) is 42.0 Å². The van der Waals surface area contributed by atoms with Crippen molar-refractivity contribution in [1.82, 2.24) is 9.97 Å². The van der Waals surface area contributed by atoms with Crippen molar-refractivity contribution in [3.63, 3.8) is 0 Å². The summed E-state index contributed by atoms with van der Waals surface area (Å²) >= 11 is 0.